The largest absolute Gasteiger partial charge is 0.493 e. The Labute approximate surface area is 194 Å². The molecule has 0 spiro atoms. The summed E-state index contributed by atoms with van der Waals surface area (Å²) in [6, 6.07) is 5.77. The van der Waals surface area contributed by atoms with Gasteiger partial charge in [0, 0.05) is 30.3 Å². The van der Waals surface area contributed by atoms with Gasteiger partial charge in [-0.25, -0.2) is 9.97 Å². The van der Waals surface area contributed by atoms with Gasteiger partial charge in [0.1, 0.15) is 11.4 Å². The maximum absolute atomic E-state index is 9.30. The molecule has 33 heavy (non-hydrogen) atoms. The van der Waals surface area contributed by atoms with Crippen LogP contribution in [0.1, 0.15) is 37.6 Å². The number of hydrogen-bond donors (Lipinski definition) is 2. The maximum atomic E-state index is 9.30. The molecule has 1 aromatic carbocycles. The lowest BCUT2D eigenvalue weighted by Gasteiger charge is -2.18. The Balaban J connectivity index is 1.91. The Morgan fingerprint density at radius 2 is 1.73 bits per heavy atom. The van der Waals surface area contributed by atoms with Crippen LogP contribution in [0.15, 0.2) is 22.7 Å². The van der Waals surface area contributed by atoms with Crippen LogP contribution < -0.4 is 9.64 Å². The Kier molecular flexibility index (Phi) is 8.35. The van der Waals surface area contributed by atoms with Gasteiger partial charge in [0.2, 0.25) is 11.8 Å². The zero-order valence-electron chi connectivity index (χ0n) is 20.0. The first-order chi connectivity index (χ1) is 15.9. The summed E-state index contributed by atoms with van der Waals surface area (Å²) in [7, 11) is 0. The highest BCUT2D eigenvalue weighted by molar-refractivity contribution is 5.63. The second-order valence-electron chi connectivity index (χ2n) is 7.97. The van der Waals surface area contributed by atoms with Gasteiger partial charge >= 0.3 is 0 Å². The third-order valence-electron chi connectivity index (χ3n) is 5.50. The number of aromatic nitrogens is 4. The molecule has 178 valence electrons. The smallest absolute Gasteiger partial charge is 0.277 e. The van der Waals surface area contributed by atoms with Crippen molar-refractivity contribution in [2.75, 3.05) is 37.8 Å². The highest BCUT2D eigenvalue weighted by Gasteiger charge is 2.18. The molecule has 2 aromatic heterocycles. The van der Waals surface area contributed by atoms with Crippen molar-refractivity contribution in [3.05, 3.63) is 35.0 Å². The fourth-order valence-electron chi connectivity index (χ4n) is 3.56. The minimum Gasteiger partial charge on any atom is -0.493 e. The molecule has 0 aliphatic carbocycles. The van der Waals surface area contributed by atoms with E-state index >= 15 is 0 Å². The summed E-state index contributed by atoms with van der Waals surface area (Å²) in [4.78, 5) is 15.8. The van der Waals surface area contributed by atoms with E-state index in [4.69, 9.17) is 9.26 Å². The van der Waals surface area contributed by atoms with Gasteiger partial charge in [-0.3, -0.25) is 0 Å². The molecule has 0 aliphatic rings. The number of hydrogen-bond acceptors (Lipinski definition) is 9. The summed E-state index contributed by atoms with van der Waals surface area (Å²) in [6.45, 7) is 11.6. The second kappa shape index (κ2) is 11.2. The first kappa shape index (κ1) is 24.6. The summed E-state index contributed by atoms with van der Waals surface area (Å²) in [5.41, 5.74) is 4.16. The van der Waals surface area contributed by atoms with E-state index in [0.717, 1.165) is 47.6 Å². The Morgan fingerprint density at radius 3 is 2.36 bits per heavy atom. The molecule has 0 saturated carbocycles. The Bertz CT molecular complexity index is 1060. The van der Waals surface area contributed by atoms with E-state index in [1.807, 2.05) is 39.0 Å². The molecule has 0 radical (unpaired) electrons. The SMILES string of the molecule is CCc1cc(-c2noc(-c3cc(C)nc(N(CC)CC)n3)n2)cc(C)c1OCC(CO)CO. The fraction of sp³-hybridized carbons (Fsp3) is 0.500. The molecule has 0 aliphatic heterocycles. The summed E-state index contributed by atoms with van der Waals surface area (Å²) < 4.78 is 11.5. The van der Waals surface area contributed by atoms with Gasteiger partial charge in [-0.1, -0.05) is 12.1 Å². The van der Waals surface area contributed by atoms with Crippen molar-refractivity contribution in [3.63, 3.8) is 0 Å². The second-order valence-corrected chi connectivity index (χ2v) is 7.97. The lowest BCUT2D eigenvalue weighted by atomic mass is 10.0. The lowest BCUT2D eigenvalue weighted by Crippen LogP contribution is -2.24. The first-order valence-corrected chi connectivity index (χ1v) is 11.4. The van der Waals surface area contributed by atoms with Gasteiger partial charge in [-0.15, -0.1) is 0 Å². The standard InChI is InChI=1S/C24H33N5O4/c1-6-18-11-19(9-15(4)21(18)32-14-17(12-30)13-31)22-27-23(33-28-22)20-10-16(5)25-24(26-20)29(7-2)8-3/h9-11,17,30-31H,6-8,12-14H2,1-5H3. The highest BCUT2D eigenvalue weighted by Crippen LogP contribution is 2.31. The molecule has 3 aromatic rings. The topological polar surface area (TPSA) is 118 Å². The molecule has 0 unspecified atom stereocenters. The minimum absolute atomic E-state index is 0.126. The van der Waals surface area contributed by atoms with Gasteiger partial charge < -0.3 is 24.4 Å². The van der Waals surface area contributed by atoms with Crippen LogP contribution in [0.3, 0.4) is 0 Å². The van der Waals surface area contributed by atoms with E-state index in [0.29, 0.717) is 23.4 Å². The summed E-state index contributed by atoms with van der Waals surface area (Å²) >= 11 is 0. The van der Waals surface area contributed by atoms with Crippen molar-refractivity contribution in [2.24, 2.45) is 5.92 Å². The third-order valence-corrected chi connectivity index (χ3v) is 5.50. The van der Waals surface area contributed by atoms with Gasteiger partial charge in [-0.05, 0) is 63.4 Å². The zero-order chi connectivity index (χ0) is 24.0. The van der Waals surface area contributed by atoms with Crippen molar-refractivity contribution in [3.8, 4) is 28.7 Å². The normalized spacial score (nSPS) is 11.3. The molecule has 9 heteroatoms. The number of ether oxygens (including phenoxy) is 1. The molecule has 0 amide bonds. The predicted molar refractivity (Wildman–Crippen MR) is 126 cm³/mol. The number of rotatable bonds is 11. The van der Waals surface area contributed by atoms with Crippen molar-refractivity contribution in [1.29, 1.82) is 0 Å². The Hall–Kier alpha value is -3.04. The number of anilines is 1. The summed E-state index contributed by atoms with van der Waals surface area (Å²) in [5.74, 6) is 1.90. The molecule has 0 atom stereocenters. The van der Waals surface area contributed by atoms with E-state index in [1.54, 1.807) is 0 Å². The van der Waals surface area contributed by atoms with Crippen LogP contribution in [-0.2, 0) is 6.42 Å². The summed E-state index contributed by atoms with van der Waals surface area (Å²) in [6.07, 6.45) is 0.746. The molecule has 3 rings (SSSR count). The molecule has 0 saturated heterocycles. The van der Waals surface area contributed by atoms with Crippen LogP contribution in [0.25, 0.3) is 23.0 Å². The average Bonchev–Trinajstić information content (AvgIpc) is 3.31. The van der Waals surface area contributed by atoms with Crippen LogP contribution in [0.4, 0.5) is 5.95 Å². The Morgan fingerprint density at radius 1 is 1.00 bits per heavy atom. The van der Waals surface area contributed by atoms with E-state index in [1.165, 1.54) is 0 Å². The quantitative estimate of drug-likeness (QED) is 0.449. The zero-order valence-corrected chi connectivity index (χ0v) is 20.0. The van der Waals surface area contributed by atoms with Crippen LogP contribution in [0.2, 0.25) is 0 Å². The van der Waals surface area contributed by atoms with Gasteiger partial charge in [0.05, 0.1) is 19.8 Å². The van der Waals surface area contributed by atoms with Crippen LogP contribution in [0, 0.1) is 19.8 Å². The van der Waals surface area contributed by atoms with Crippen molar-refractivity contribution < 1.29 is 19.5 Å². The molecule has 0 fully saturated rings. The van der Waals surface area contributed by atoms with Crippen molar-refractivity contribution >= 4 is 5.95 Å². The maximum Gasteiger partial charge on any atom is 0.277 e. The van der Waals surface area contributed by atoms with Crippen molar-refractivity contribution in [1.82, 2.24) is 20.1 Å². The fourth-order valence-corrected chi connectivity index (χ4v) is 3.56. The van der Waals surface area contributed by atoms with Crippen LogP contribution in [-0.4, -0.2) is 63.2 Å². The number of aliphatic hydroxyl groups is 2. The van der Waals surface area contributed by atoms with E-state index in [9.17, 15) is 10.2 Å². The molecule has 0 bridgehead atoms. The number of aryl methyl sites for hydroxylation is 3. The number of benzene rings is 1. The average molecular weight is 456 g/mol. The molecule has 2 N–H and O–H groups in total. The van der Waals surface area contributed by atoms with E-state index in [-0.39, 0.29) is 25.7 Å². The minimum atomic E-state index is -0.314. The number of nitrogens with zero attached hydrogens (tertiary/aromatic N) is 5. The molecular weight excluding hydrogens is 422 g/mol. The predicted octanol–water partition coefficient (Wildman–Crippen LogP) is 3.20. The molecular formula is C24H33N5O4. The van der Waals surface area contributed by atoms with Gasteiger partial charge in [-0.2, -0.15) is 4.98 Å². The van der Waals surface area contributed by atoms with Crippen molar-refractivity contribution in [2.45, 2.75) is 41.0 Å². The third kappa shape index (κ3) is 5.66. The van der Waals surface area contributed by atoms with Crippen LogP contribution in [0.5, 0.6) is 5.75 Å². The summed E-state index contributed by atoms with van der Waals surface area (Å²) in [5, 5.41) is 22.8. The van der Waals surface area contributed by atoms with Gasteiger partial charge in [0.25, 0.3) is 5.89 Å². The van der Waals surface area contributed by atoms with E-state index < -0.39 is 0 Å². The first-order valence-electron chi connectivity index (χ1n) is 11.4. The lowest BCUT2D eigenvalue weighted by molar-refractivity contribution is 0.105. The monoisotopic (exact) mass is 455 g/mol. The number of aliphatic hydroxyl groups excluding tert-OH is 2. The molecule has 9 nitrogen and oxygen atoms in total. The van der Waals surface area contributed by atoms with Crippen LogP contribution >= 0.6 is 0 Å². The van der Waals surface area contributed by atoms with E-state index in [2.05, 4.69) is 38.9 Å². The molecule has 2 heterocycles. The van der Waals surface area contributed by atoms with Gasteiger partial charge in [0.15, 0.2) is 0 Å². The highest BCUT2D eigenvalue weighted by atomic mass is 16.5.